The van der Waals surface area contributed by atoms with Crippen molar-refractivity contribution in [1.29, 1.82) is 5.26 Å². The molecule has 1 aromatic rings. The third-order valence-corrected chi connectivity index (χ3v) is 3.79. The summed E-state index contributed by atoms with van der Waals surface area (Å²) in [6.07, 6.45) is 1.44. The van der Waals surface area contributed by atoms with Crippen molar-refractivity contribution in [2.75, 3.05) is 23.9 Å². The van der Waals surface area contributed by atoms with Crippen molar-refractivity contribution in [3.8, 4) is 6.07 Å². The number of nitrogens with zero attached hydrogens (tertiary/aromatic N) is 3. The van der Waals surface area contributed by atoms with Crippen LogP contribution in [0.25, 0.3) is 0 Å². The standard InChI is InChI=1S/C11H16N4O4S/c1-14-9(13-5-4-6-20(3,18)19)8(7-12)10(16)15(2)11(14)17/h13H,4-6H2,1-3H3. The summed E-state index contributed by atoms with van der Waals surface area (Å²) in [5.74, 6) is 0.0924. The normalized spacial score (nSPS) is 11.1. The Hall–Kier alpha value is -2.08. The van der Waals surface area contributed by atoms with Crippen LogP contribution in [0.5, 0.6) is 0 Å². The van der Waals surface area contributed by atoms with Gasteiger partial charge in [-0.15, -0.1) is 0 Å². The zero-order chi connectivity index (χ0) is 15.5. The zero-order valence-corrected chi connectivity index (χ0v) is 12.3. The Kier molecular flexibility index (Phi) is 4.73. The lowest BCUT2D eigenvalue weighted by molar-refractivity contribution is 0.599. The SMILES string of the molecule is Cn1c(NCCCS(C)(=O)=O)c(C#N)c(=O)n(C)c1=O. The fraction of sp³-hybridized carbons (Fsp3) is 0.545. The summed E-state index contributed by atoms with van der Waals surface area (Å²) < 4.78 is 24.0. The maximum absolute atomic E-state index is 11.8. The minimum atomic E-state index is -3.07. The van der Waals surface area contributed by atoms with Gasteiger partial charge in [-0.2, -0.15) is 5.26 Å². The van der Waals surface area contributed by atoms with Gasteiger partial charge in [0, 0.05) is 26.9 Å². The highest BCUT2D eigenvalue weighted by atomic mass is 32.2. The summed E-state index contributed by atoms with van der Waals surface area (Å²) in [6, 6.07) is 1.76. The molecule has 0 unspecified atom stereocenters. The predicted molar refractivity (Wildman–Crippen MR) is 74.5 cm³/mol. The quantitative estimate of drug-likeness (QED) is 0.683. The van der Waals surface area contributed by atoms with E-state index in [1.807, 2.05) is 0 Å². The molecule has 0 fully saturated rings. The number of aromatic nitrogens is 2. The van der Waals surface area contributed by atoms with Crippen LogP contribution in [0.2, 0.25) is 0 Å². The van der Waals surface area contributed by atoms with E-state index in [1.54, 1.807) is 6.07 Å². The van der Waals surface area contributed by atoms with Crippen LogP contribution in [0.1, 0.15) is 12.0 Å². The molecule has 1 N–H and O–H groups in total. The molecule has 0 atom stereocenters. The van der Waals surface area contributed by atoms with Crippen LogP contribution in [0.15, 0.2) is 9.59 Å². The van der Waals surface area contributed by atoms with E-state index in [1.165, 1.54) is 14.1 Å². The van der Waals surface area contributed by atoms with Gasteiger partial charge < -0.3 is 5.32 Å². The summed E-state index contributed by atoms with van der Waals surface area (Å²) in [7, 11) is -0.344. The van der Waals surface area contributed by atoms with Gasteiger partial charge in [-0.1, -0.05) is 0 Å². The van der Waals surface area contributed by atoms with Gasteiger partial charge in [0.05, 0.1) is 5.75 Å². The number of sulfone groups is 1. The Bertz CT molecular complexity index is 767. The van der Waals surface area contributed by atoms with Crippen molar-refractivity contribution < 1.29 is 8.42 Å². The van der Waals surface area contributed by atoms with Gasteiger partial charge in [0.2, 0.25) is 0 Å². The van der Waals surface area contributed by atoms with E-state index in [0.29, 0.717) is 6.42 Å². The minimum absolute atomic E-state index is 0.0132. The van der Waals surface area contributed by atoms with E-state index in [0.717, 1.165) is 15.4 Å². The largest absolute Gasteiger partial charge is 0.370 e. The number of hydrogen-bond acceptors (Lipinski definition) is 6. The Morgan fingerprint density at radius 2 is 1.85 bits per heavy atom. The Labute approximate surface area is 116 Å². The molecule has 8 nitrogen and oxygen atoms in total. The lowest BCUT2D eigenvalue weighted by atomic mass is 10.3. The molecule has 0 saturated carbocycles. The van der Waals surface area contributed by atoms with Crippen molar-refractivity contribution in [3.05, 3.63) is 26.4 Å². The average molecular weight is 300 g/mol. The highest BCUT2D eigenvalue weighted by Crippen LogP contribution is 2.06. The monoisotopic (exact) mass is 300 g/mol. The molecule has 0 aliphatic heterocycles. The molecule has 0 saturated heterocycles. The smallest absolute Gasteiger partial charge is 0.332 e. The highest BCUT2D eigenvalue weighted by molar-refractivity contribution is 7.90. The van der Waals surface area contributed by atoms with Gasteiger partial charge >= 0.3 is 5.69 Å². The number of nitrogens with one attached hydrogen (secondary N) is 1. The molecule has 1 aromatic heterocycles. The molecule has 0 aliphatic carbocycles. The summed E-state index contributed by atoms with van der Waals surface area (Å²) in [5, 5.41) is 11.8. The van der Waals surface area contributed by atoms with Crippen LogP contribution in [0.4, 0.5) is 5.82 Å². The topological polar surface area (TPSA) is 114 Å². The van der Waals surface area contributed by atoms with Gasteiger partial charge in [0.15, 0.2) is 5.56 Å². The second kappa shape index (κ2) is 5.92. The lowest BCUT2D eigenvalue weighted by Crippen LogP contribution is -2.40. The molecule has 0 aliphatic rings. The van der Waals surface area contributed by atoms with E-state index >= 15 is 0 Å². The molecule has 9 heteroatoms. The van der Waals surface area contributed by atoms with Gasteiger partial charge in [0.25, 0.3) is 5.56 Å². The number of hydrogen-bond donors (Lipinski definition) is 1. The number of rotatable bonds is 5. The third-order valence-electron chi connectivity index (χ3n) is 2.76. The van der Waals surface area contributed by atoms with E-state index in [2.05, 4.69) is 5.32 Å². The molecule has 0 radical (unpaired) electrons. The summed E-state index contributed by atoms with van der Waals surface area (Å²) >= 11 is 0. The second-order valence-electron chi connectivity index (χ2n) is 4.45. The molecule has 1 heterocycles. The minimum Gasteiger partial charge on any atom is -0.370 e. The first-order valence-corrected chi connectivity index (χ1v) is 7.87. The van der Waals surface area contributed by atoms with Crippen LogP contribution in [0.3, 0.4) is 0 Å². The molecular weight excluding hydrogens is 284 g/mol. The number of anilines is 1. The maximum atomic E-state index is 11.8. The molecule has 0 bridgehead atoms. The van der Waals surface area contributed by atoms with Crippen LogP contribution in [0, 0.1) is 11.3 Å². The Morgan fingerprint density at radius 3 is 2.35 bits per heavy atom. The van der Waals surface area contributed by atoms with Crippen LogP contribution >= 0.6 is 0 Å². The van der Waals surface area contributed by atoms with Crippen molar-refractivity contribution in [2.24, 2.45) is 14.1 Å². The maximum Gasteiger partial charge on any atom is 0.332 e. The Balaban J connectivity index is 3.05. The highest BCUT2D eigenvalue weighted by Gasteiger charge is 2.14. The van der Waals surface area contributed by atoms with E-state index in [-0.39, 0.29) is 23.7 Å². The van der Waals surface area contributed by atoms with Crippen LogP contribution < -0.4 is 16.6 Å². The van der Waals surface area contributed by atoms with Crippen LogP contribution in [-0.4, -0.2) is 36.1 Å². The molecule has 1 rings (SSSR count). The summed E-state index contributed by atoms with van der Waals surface area (Å²) in [4.78, 5) is 23.5. The second-order valence-corrected chi connectivity index (χ2v) is 6.71. The molecule has 0 aromatic carbocycles. The fourth-order valence-corrected chi connectivity index (χ4v) is 2.36. The van der Waals surface area contributed by atoms with Gasteiger partial charge in [0.1, 0.15) is 21.7 Å². The van der Waals surface area contributed by atoms with Crippen molar-refractivity contribution >= 4 is 15.7 Å². The fourth-order valence-electron chi connectivity index (χ4n) is 1.69. The first-order chi connectivity index (χ1) is 9.19. The van der Waals surface area contributed by atoms with Crippen molar-refractivity contribution in [1.82, 2.24) is 9.13 Å². The molecule has 110 valence electrons. The number of nitriles is 1. The molecule has 0 spiro atoms. The Morgan fingerprint density at radius 1 is 1.25 bits per heavy atom. The van der Waals surface area contributed by atoms with Crippen molar-refractivity contribution in [2.45, 2.75) is 6.42 Å². The van der Waals surface area contributed by atoms with Crippen LogP contribution in [-0.2, 0) is 23.9 Å². The third kappa shape index (κ3) is 3.48. The molecule has 20 heavy (non-hydrogen) atoms. The molecule has 0 amide bonds. The molecular formula is C11H16N4O4S. The average Bonchev–Trinajstić information content (AvgIpc) is 2.36. The van der Waals surface area contributed by atoms with E-state index in [9.17, 15) is 18.0 Å². The zero-order valence-electron chi connectivity index (χ0n) is 11.5. The van der Waals surface area contributed by atoms with E-state index < -0.39 is 21.1 Å². The first kappa shape index (κ1) is 16.0. The van der Waals surface area contributed by atoms with Gasteiger partial charge in [-0.25, -0.2) is 13.2 Å². The van der Waals surface area contributed by atoms with Gasteiger partial charge in [-0.3, -0.25) is 13.9 Å². The van der Waals surface area contributed by atoms with Crippen molar-refractivity contribution in [3.63, 3.8) is 0 Å². The van der Waals surface area contributed by atoms with E-state index in [4.69, 9.17) is 5.26 Å². The predicted octanol–water partition coefficient (Wildman–Crippen LogP) is -1.20. The van der Waals surface area contributed by atoms with Gasteiger partial charge in [-0.05, 0) is 6.42 Å². The first-order valence-electron chi connectivity index (χ1n) is 5.80. The lowest BCUT2D eigenvalue weighted by Gasteiger charge is -2.13. The summed E-state index contributed by atoms with van der Waals surface area (Å²) in [6.45, 7) is 0.238. The summed E-state index contributed by atoms with van der Waals surface area (Å²) in [5.41, 5.74) is -1.41.